The molecule has 0 saturated heterocycles. The summed E-state index contributed by atoms with van der Waals surface area (Å²) in [6.45, 7) is -0.478. The number of halogens is 1. The van der Waals surface area contributed by atoms with Gasteiger partial charge in [0.2, 0.25) is 0 Å². The number of rotatable bonds is 5. The molecule has 1 heterocycles. The zero-order valence-corrected chi connectivity index (χ0v) is 12.4. The lowest BCUT2D eigenvalue weighted by Crippen LogP contribution is -2.36. The van der Waals surface area contributed by atoms with E-state index in [0.29, 0.717) is 10.3 Å². The Morgan fingerprint density at radius 1 is 1.22 bits per heavy atom. The van der Waals surface area contributed by atoms with Gasteiger partial charge in [0.15, 0.2) is 12.8 Å². The maximum absolute atomic E-state index is 13.5. The molecule has 0 aliphatic rings. The summed E-state index contributed by atoms with van der Waals surface area (Å²) in [7, 11) is 1.47. The van der Waals surface area contributed by atoms with Crippen LogP contribution in [-0.2, 0) is 16.1 Å². The number of aromatic nitrogens is 1. The van der Waals surface area contributed by atoms with Crippen molar-refractivity contribution in [1.82, 2.24) is 4.90 Å². The first-order valence-corrected chi connectivity index (χ1v) is 6.81. The normalized spacial score (nSPS) is 10.2. The Morgan fingerprint density at radius 2 is 1.91 bits per heavy atom. The van der Waals surface area contributed by atoms with Crippen LogP contribution in [0.25, 0.3) is 0 Å². The van der Waals surface area contributed by atoms with Crippen LogP contribution in [-0.4, -0.2) is 30.4 Å². The molecule has 0 spiro atoms. The molecular formula is C16H15FN2O4. The van der Waals surface area contributed by atoms with E-state index in [-0.39, 0.29) is 12.2 Å². The highest BCUT2D eigenvalue weighted by molar-refractivity contribution is 5.88. The SMILES string of the molecule is CN(Cc1ccccc1F)C(=O)COC(=O)c1cccc[n+]1[O-]. The molecular weight excluding hydrogens is 303 g/mol. The Labute approximate surface area is 132 Å². The summed E-state index contributed by atoms with van der Waals surface area (Å²) in [5.74, 6) is -1.82. The highest BCUT2D eigenvalue weighted by Crippen LogP contribution is 2.09. The van der Waals surface area contributed by atoms with Gasteiger partial charge in [0, 0.05) is 31.3 Å². The van der Waals surface area contributed by atoms with Gasteiger partial charge in [-0.15, -0.1) is 0 Å². The second kappa shape index (κ2) is 7.35. The maximum Gasteiger partial charge on any atom is 0.405 e. The van der Waals surface area contributed by atoms with Crippen molar-refractivity contribution < 1.29 is 23.4 Å². The molecule has 2 rings (SSSR count). The molecule has 7 heteroatoms. The number of amides is 1. The van der Waals surface area contributed by atoms with Gasteiger partial charge in [0.1, 0.15) is 5.82 Å². The van der Waals surface area contributed by atoms with Crippen LogP contribution < -0.4 is 4.73 Å². The van der Waals surface area contributed by atoms with E-state index in [1.54, 1.807) is 18.2 Å². The quantitative estimate of drug-likeness (QED) is 0.473. The molecule has 120 valence electrons. The third-order valence-electron chi connectivity index (χ3n) is 3.15. The number of benzene rings is 1. The van der Waals surface area contributed by atoms with Gasteiger partial charge < -0.3 is 14.8 Å². The van der Waals surface area contributed by atoms with E-state index in [1.165, 1.54) is 36.2 Å². The van der Waals surface area contributed by atoms with Crippen molar-refractivity contribution in [1.29, 1.82) is 0 Å². The number of ether oxygens (including phenoxy) is 1. The molecule has 0 atom stereocenters. The number of nitrogens with zero attached hydrogens (tertiary/aromatic N) is 2. The topological polar surface area (TPSA) is 73.5 Å². The van der Waals surface area contributed by atoms with Gasteiger partial charge in [-0.25, -0.2) is 9.18 Å². The number of pyridine rings is 1. The molecule has 6 nitrogen and oxygen atoms in total. The van der Waals surface area contributed by atoms with Crippen molar-refractivity contribution in [2.75, 3.05) is 13.7 Å². The first-order chi connectivity index (χ1) is 11.0. The van der Waals surface area contributed by atoms with Crippen LogP contribution in [0.1, 0.15) is 16.1 Å². The van der Waals surface area contributed by atoms with Crippen LogP contribution in [0.4, 0.5) is 4.39 Å². The van der Waals surface area contributed by atoms with E-state index < -0.39 is 24.3 Å². The standard InChI is InChI=1S/C16H15FN2O4/c1-18(10-12-6-2-3-7-13(12)17)15(20)11-23-16(21)14-8-4-5-9-19(14)22/h2-9H,10-11H2,1H3. The molecule has 0 aliphatic heterocycles. The van der Waals surface area contributed by atoms with Gasteiger partial charge in [-0.05, 0) is 12.1 Å². The smallest absolute Gasteiger partial charge is 0.405 e. The van der Waals surface area contributed by atoms with Crippen LogP contribution in [0.2, 0.25) is 0 Å². The molecule has 0 N–H and O–H groups in total. The number of carbonyl (C=O) groups excluding carboxylic acids is 2. The van der Waals surface area contributed by atoms with E-state index in [9.17, 15) is 19.2 Å². The third-order valence-corrected chi connectivity index (χ3v) is 3.15. The summed E-state index contributed by atoms with van der Waals surface area (Å²) in [4.78, 5) is 24.9. The zero-order valence-electron chi connectivity index (χ0n) is 12.4. The minimum Gasteiger partial charge on any atom is -0.618 e. The number of likely N-dealkylation sites (N-methyl/N-ethyl adjacent to an activating group) is 1. The molecule has 0 unspecified atom stereocenters. The second-order valence-corrected chi connectivity index (χ2v) is 4.83. The van der Waals surface area contributed by atoms with Crippen molar-refractivity contribution in [2.24, 2.45) is 0 Å². The number of carbonyl (C=O) groups is 2. The summed E-state index contributed by atoms with van der Waals surface area (Å²) in [5.41, 5.74) is 0.146. The summed E-state index contributed by atoms with van der Waals surface area (Å²) in [5, 5.41) is 11.4. The number of hydrogen-bond donors (Lipinski definition) is 0. The van der Waals surface area contributed by atoms with Crippen LogP contribution in [0.3, 0.4) is 0 Å². The van der Waals surface area contributed by atoms with Gasteiger partial charge in [-0.2, -0.15) is 4.73 Å². The van der Waals surface area contributed by atoms with E-state index in [4.69, 9.17) is 4.74 Å². The van der Waals surface area contributed by atoms with Crippen molar-refractivity contribution >= 4 is 11.9 Å². The third kappa shape index (κ3) is 4.26. The van der Waals surface area contributed by atoms with Gasteiger partial charge >= 0.3 is 11.7 Å². The predicted molar refractivity (Wildman–Crippen MR) is 78.6 cm³/mol. The van der Waals surface area contributed by atoms with E-state index >= 15 is 0 Å². The van der Waals surface area contributed by atoms with Crippen LogP contribution in [0.5, 0.6) is 0 Å². The fraction of sp³-hybridized carbons (Fsp3) is 0.188. The Morgan fingerprint density at radius 3 is 2.61 bits per heavy atom. The van der Waals surface area contributed by atoms with Gasteiger partial charge in [0.05, 0.1) is 0 Å². The second-order valence-electron chi connectivity index (χ2n) is 4.83. The molecule has 1 aromatic carbocycles. The molecule has 2 aromatic rings. The van der Waals surface area contributed by atoms with Crippen molar-refractivity contribution in [3.63, 3.8) is 0 Å². The molecule has 1 amide bonds. The molecule has 0 bridgehead atoms. The van der Waals surface area contributed by atoms with Crippen LogP contribution in [0.15, 0.2) is 48.7 Å². The van der Waals surface area contributed by atoms with E-state index in [2.05, 4.69) is 0 Å². The number of hydrogen-bond acceptors (Lipinski definition) is 4. The average Bonchev–Trinajstić information content (AvgIpc) is 2.54. The molecule has 0 fully saturated rings. The fourth-order valence-electron chi connectivity index (χ4n) is 1.87. The minimum atomic E-state index is -0.895. The monoisotopic (exact) mass is 318 g/mol. The molecule has 0 aliphatic carbocycles. The number of esters is 1. The fourth-order valence-corrected chi connectivity index (χ4v) is 1.87. The van der Waals surface area contributed by atoms with E-state index in [0.717, 1.165) is 6.20 Å². The Bertz CT molecular complexity index is 721. The Hall–Kier alpha value is -2.96. The minimum absolute atomic E-state index is 0.0515. The highest BCUT2D eigenvalue weighted by Gasteiger charge is 2.19. The first-order valence-electron chi connectivity index (χ1n) is 6.81. The lowest BCUT2D eigenvalue weighted by Gasteiger charge is -2.17. The van der Waals surface area contributed by atoms with Gasteiger partial charge in [-0.3, -0.25) is 4.79 Å². The molecule has 0 radical (unpaired) electrons. The predicted octanol–water partition coefficient (Wildman–Crippen LogP) is 1.27. The Balaban J connectivity index is 1.91. The van der Waals surface area contributed by atoms with E-state index in [1.807, 2.05) is 0 Å². The molecule has 0 saturated carbocycles. The van der Waals surface area contributed by atoms with Crippen LogP contribution >= 0.6 is 0 Å². The average molecular weight is 318 g/mol. The maximum atomic E-state index is 13.5. The largest absolute Gasteiger partial charge is 0.618 e. The van der Waals surface area contributed by atoms with Crippen molar-refractivity contribution in [3.05, 3.63) is 70.9 Å². The van der Waals surface area contributed by atoms with Crippen molar-refractivity contribution in [3.8, 4) is 0 Å². The molecule has 1 aromatic heterocycles. The lowest BCUT2D eigenvalue weighted by atomic mass is 10.2. The van der Waals surface area contributed by atoms with Crippen LogP contribution in [0, 0.1) is 11.0 Å². The Kier molecular flexibility index (Phi) is 5.24. The molecule has 23 heavy (non-hydrogen) atoms. The highest BCUT2D eigenvalue weighted by atomic mass is 19.1. The van der Waals surface area contributed by atoms with Crippen molar-refractivity contribution in [2.45, 2.75) is 6.54 Å². The van der Waals surface area contributed by atoms with Gasteiger partial charge in [0.25, 0.3) is 5.91 Å². The summed E-state index contributed by atoms with van der Waals surface area (Å²) >= 11 is 0. The lowest BCUT2D eigenvalue weighted by molar-refractivity contribution is -0.608. The first kappa shape index (κ1) is 16.4. The summed E-state index contributed by atoms with van der Waals surface area (Å²) in [6, 6.07) is 10.4. The summed E-state index contributed by atoms with van der Waals surface area (Å²) < 4.78 is 18.7. The van der Waals surface area contributed by atoms with Gasteiger partial charge in [-0.1, -0.05) is 18.2 Å². The zero-order chi connectivity index (χ0) is 16.8. The summed E-state index contributed by atoms with van der Waals surface area (Å²) in [6.07, 6.45) is 1.16.